The summed E-state index contributed by atoms with van der Waals surface area (Å²) in [6.45, 7) is 6.87. The summed E-state index contributed by atoms with van der Waals surface area (Å²) in [6, 6.07) is 10.1. The maximum Gasteiger partial charge on any atom is 0.278 e. The number of benzene rings is 1. The van der Waals surface area contributed by atoms with Gasteiger partial charge in [0.1, 0.15) is 0 Å². The van der Waals surface area contributed by atoms with E-state index in [0.717, 1.165) is 18.7 Å². The summed E-state index contributed by atoms with van der Waals surface area (Å²) in [5.41, 5.74) is 1.30. The molecule has 1 unspecified atom stereocenters. The minimum atomic E-state index is -0.0656. The Labute approximate surface area is 142 Å². The van der Waals surface area contributed by atoms with Gasteiger partial charge in [-0.1, -0.05) is 25.1 Å². The van der Waals surface area contributed by atoms with Gasteiger partial charge in [-0.2, -0.15) is 5.10 Å². The number of aromatic nitrogens is 2. The summed E-state index contributed by atoms with van der Waals surface area (Å²) < 4.78 is 7.49. The van der Waals surface area contributed by atoms with Gasteiger partial charge in [0.05, 0.1) is 18.5 Å². The molecule has 6 heteroatoms. The lowest BCUT2D eigenvalue weighted by Gasteiger charge is -2.31. The number of carbonyl (C=O) groups is 1. The van der Waals surface area contributed by atoms with E-state index in [1.807, 2.05) is 42.2 Å². The fourth-order valence-electron chi connectivity index (χ4n) is 2.80. The maximum atomic E-state index is 12.9. The van der Waals surface area contributed by atoms with Crippen LogP contribution in [0.5, 0.6) is 5.75 Å². The number of amides is 1. The molecule has 1 atom stereocenters. The van der Waals surface area contributed by atoms with Gasteiger partial charge < -0.3 is 15.0 Å². The van der Waals surface area contributed by atoms with Crippen molar-refractivity contribution in [3.63, 3.8) is 0 Å². The lowest BCUT2D eigenvalue weighted by atomic mass is 10.2. The van der Waals surface area contributed by atoms with E-state index in [1.54, 1.807) is 10.9 Å². The molecule has 1 amide bonds. The molecule has 128 valence electrons. The summed E-state index contributed by atoms with van der Waals surface area (Å²) in [7, 11) is 0. The van der Waals surface area contributed by atoms with Gasteiger partial charge in [0.25, 0.3) is 5.91 Å². The highest BCUT2D eigenvalue weighted by molar-refractivity contribution is 5.95. The molecule has 1 aromatic heterocycles. The highest BCUT2D eigenvalue weighted by Crippen LogP contribution is 2.22. The first kappa shape index (κ1) is 16.5. The Morgan fingerprint density at radius 2 is 2.17 bits per heavy atom. The maximum absolute atomic E-state index is 12.9. The molecule has 3 rings (SSSR count). The van der Waals surface area contributed by atoms with E-state index in [9.17, 15) is 4.79 Å². The highest BCUT2D eigenvalue weighted by Gasteiger charge is 2.27. The van der Waals surface area contributed by atoms with Crippen LogP contribution in [0.1, 0.15) is 30.8 Å². The van der Waals surface area contributed by atoms with E-state index in [4.69, 9.17) is 4.74 Å². The Morgan fingerprint density at radius 3 is 2.88 bits per heavy atom. The number of nitrogens with one attached hydrogen (secondary N) is 1. The Bertz CT molecular complexity index is 684. The predicted octanol–water partition coefficient (Wildman–Crippen LogP) is 2.09. The molecule has 1 saturated heterocycles. The van der Waals surface area contributed by atoms with Crippen molar-refractivity contribution in [1.29, 1.82) is 0 Å². The molecule has 0 radical (unpaired) electrons. The van der Waals surface area contributed by atoms with Crippen molar-refractivity contribution in [2.24, 2.45) is 0 Å². The summed E-state index contributed by atoms with van der Waals surface area (Å²) in [5.74, 6) is 0.487. The molecule has 1 aromatic carbocycles. The van der Waals surface area contributed by atoms with Crippen molar-refractivity contribution in [1.82, 2.24) is 20.0 Å². The van der Waals surface area contributed by atoms with Crippen molar-refractivity contribution < 1.29 is 9.53 Å². The number of hydrogen-bond acceptors (Lipinski definition) is 4. The van der Waals surface area contributed by atoms with Crippen LogP contribution in [0.3, 0.4) is 0 Å². The third kappa shape index (κ3) is 3.59. The molecule has 0 aliphatic carbocycles. The van der Waals surface area contributed by atoms with Crippen molar-refractivity contribution in [3.05, 3.63) is 42.2 Å². The summed E-state index contributed by atoms with van der Waals surface area (Å²) >= 11 is 0. The second-order valence-electron chi connectivity index (χ2n) is 6.08. The van der Waals surface area contributed by atoms with E-state index in [0.29, 0.717) is 37.2 Å². The van der Waals surface area contributed by atoms with Gasteiger partial charge in [0.2, 0.25) is 0 Å². The zero-order valence-electron chi connectivity index (χ0n) is 14.2. The average Bonchev–Trinajstić information content (AvgIpc) is 3.04. The highest BCUT2D eigenvalue weighted by atomic mass is 16.5. The van der Waals surface area contributed by atoms with Crippen molar-refractivity contribution >= 4 is 5.91 Å². The second-order valence-corrected chi connectivity index (χ2v) is 6.08. The molecule has 0 bridgehead atoms. The Hall–Kier alpha value is -2.34. The molecule has 1 aliphatic heterocycles. The number of hydrogen-bond donors (Lipinski definition) is 1. The minimum Gasteiger partial charge on any atom is -0.489 e. The van der Waals surface area contributed by atoms with E-state index in [2.05, 4.69) is 17.3 Å². The number of rotatable bonds is 5. The standard InChI is InChI=1S/C18H24N4O2/c1-3-11-24-16-13-22(15-7-5-4-6-8-15)20-17(16)18(23)21-10-9-19-14(2)12-21/h4-8,13-14,19H,3,9-12H2,1-2H3. The van der Waals surface area contributed by atoms with Crippen molar-refractivity contribution in [2.45, 2.75) is 26.3 Å². The van der Waals surface area contributed by atoms with Crippen LogP contribution < -0.4 is 10.1 Å². The summed E-state index contributed by atoms with van der Waals surface area (Å²) in [6.07, 6.45) is 2.68. The van der Waals surface area contributed by atoms with Crippen LogP contribution in [0.15, 0.2) is 36.5 Å². The van der Waals surface area contributed by atoms with Crippen LogP contribution in [0.2, 0.25) is 0 Å². The average molecular weight is 328 g/mol. The number of nitrogens with zero attached hydrogens (tertiary/aromatic N) is 3. The molecular formula is C18H24N4O2. The van der Waals surface area contributed by atoms with Crippen LogP contribution in [0, 0.1) is 0 Å². The largest absolute Gasteiger partial charge is 0.489 e. The number of ether oxygens (including phenoxy) is 1. The van der Waals surface area contributed by atoms with Crippen LogP contribution in [0.25, 0.3) is 5.69 Å². The van der Waals surface area contributed by atoms with Crippen LogP contribution in [0.4, 0.5) is 0 Å². The van der Waals surface area contributed by atoms with Crippen LogP contribution in [-0.4, -0.2) is 52.9 Å². The number of carbonyl (C=O) groups excluding carboxylic acids is 1. The van der Waals surface area contributed by atoms with Gasteiger partial charge in [-0.05, 0) is 25.5 Å². The molecule has 24 heavy (non-hydrogen) atoms. The van der Waals surface area contributed by atoms with Gasteiger partial charge in [0, 0.05) is 25.7 Å². The van der Waals surface area contributed by atoms with E-state index >= 15 is 0 Å². The lowest BCUT2D eigenvalue weighted by molar-refractivity contribution is 0.0698. The number of para-hydroxylation sites is 1. The molecule has 1 N–H and O–H groups in total. The van der Waals surface area contributed by atoms with E-state index in [-0.39, 0.29) is 5.91 Å². The fourth-order valence-corrected chi connectivity index (χ4v) is 2.80. The normalized spacial score (nSPS) is 17.8. The first-order valence-corrected chi connectivity index (χ1v) is 8.49. The summed E-state index contributed by atoms with van der Waals surface area (Å²) in [5, 5.41) is 7.86. The second kappa shape index (κ2) is 7.49. The van der Waals surface area contributed by atoms with Crippen LogP contribution in [-0.2, 0) is 0 Å². The monoisotopic (exact) mass is 328 g/mol. The zero-order valence-corrected chi connectivity index (χ0v) is 14.2. The SMILES string of the molecule is CCCOc1cn(-c2ccccc2)nc1C(=O)N1CCNC(C)C1. The van der Waals surface area contributed by atoms with Gasteiger partial charge in [-0.3, -0.25) is 4.79 Å². The third-order valence-electron chi connectivity index (χ3n) is 4.02. The first-order valence-electron chi connectivity index (χ1n) is 8.49. The molecule has 2 aromatic rings. The van der Waals surface area contributed by atoms with Gasteiger partial charge in [-0.15, -0.1) is 0 Å². The molecule has 1 fully saturated rings. The number of piperazine rings is 1. The van der Waals surface area contributed by atoms with Gasteiger partial charge >= 0.3 is 0 Å². The molecule has 0 spiro atoms. The van der Waals surface area contributed by atoms with Gasteiger partial charge in [0.15, 0.2) is 11.4 Å². The zero-order chi connectivity index (χ0) is 16.9. The molecule has 2 heterocycles. The predicted molar refractivity (Wildman–Crippen MR) is 92.7 cm³/mol. The third-order valence-corrected chi connectivity index (χ3v) is 4.02. The Morgan fingerprint density at radius 1 is 1.38 bits per heavy atom. The molecule has 6 nitrogen and oxygen atoms in total. The first-order chi connectivity index (χ1) is 11.7. The van der Waals surface area contributed by atoms with Crippen molar-refractivity contribution in [2.75, 3.05) is 26.2 Å². The van der Waals surface area contributed by atoms with E-state index in [1.165, 1.54) is 0 Å². The van der Waals surface area contributed by atoms with Crippen LogP contribution >= 0.6 is 0 Å². The smallest absolute Gasteiger partial charge is 0.278 e. The van der Waals surface area contributed by atoms with E-state index < -0.39 is 0 Å². The van der Waals surface area contributed by atoms with Crippen molar-refractivity contribution in [3.8, 4) is 11.4 Å². The lowest BCUT2D eigenvalue weighted by Crippen LogP contribution is -2.51. The quantitative estimate of drug-likeness (QED) is 0.913. The molecule has 0 saturated carbocycles. The molecular weight excluding hydrogens is 304 g/mol. The summed E-state index contributed by atoms with van der Waals surface area (Å²) in [4.78, 5) is 14.8. The Balaban J connectivity index is 1.89. The Kier molecular flexibility index (Phi) is 5.15. The topological polar surface area (TPSA) is 59.4 Å². The fraction of sp³-hybridized carbons (Fsp3) is 0.444. The van der Waals surface area contributed by atoms with Gasteiger partial charge in [-0.25, -0.2) is 4.68 Å². The molecule has 1 aliphatic rings. The minimum absolute atomic E-state index is 0.0656.